The summed E-state index contributed by atoms with van der Waals surface area (Å²) in [5.74, 6) is 0.141. The van der Waals surface area contributed by atoms with E-state index in [4.69, 9.17) is 9.57 Å². The molecule has 0 N–H and O–H groups in total. The maximum Gasteiger partial charge on any atom is 0.387 e. The zero-order chi connectivity index (χ0) is 15.5. The molecule has 0 aromatic heterocycles. The lowest BCUT2D eigenvalue weighted by Crippen LogP contribution is -2.29. The van der Waals surface area contributed by atoms with Crippen LogP contribution in [0.15, 0.2) is 59.8 Å². The molecule has 1 aliphatic heterocycles. The van der Waals surface area contributed by atoms with Crippen LogP contribution in [-0.4, -0.2) is 24.0 Å². The van der Waals surface area contributed by atoms with Gasteiger partial charge in [0.15, 0.2) is 0 Å². The summed E-state index contributed by atoms with van der Waals surface area (Å²) in [7, 11) is 1.57. The van der Waals surface area contributed by atoms with Gasteiger partial charge >= 0.3 is 6.23 Å². The predicted octanol–water partition coefficient (Wildman–Crippen LogP) is 2.82. The molecule has 2 aromatic carbocycles. The largest absolute Gasteiger partial charge is 0.497 e. The van der Waals surface area contributed by atoms with Gasteiger partial charge in [0.1, 0.15) is 17.4 Å². The Hall–Kier alpha value is -2.89. The second-order valence-corrected chi connectivity index (χ2v) is 4.87. The Kier molecular flexibility index (Phi) is 3.74. The highest BCUT2D eigenvalue weighted by Gasteiger charge is 2.44. The molecule has 6 nitrogen and oxygen atoms in total. The number of hydrogen-bond donors (Lipinski definition) is 0. The molecule has 6 heteroatoms. The van der Waals surface area contributed by atoms with Crippen LogP contribution >= 0.6 is 0 Å². The quantitative estimate of drug-likeness (QED) is 0.642. The van der Waals surface area contributed by atoms with Crippen LogP contribution in [0.4, 0.5) is 0 Å². The zero-order valence-electron chi connectivity index (χ0n) is 11.9. The molecule has 0 bridgehead atoms. The van der Waals surface area contributed by atoms with Crippen molar-refractivity contribution in [3.63, 3.8) is 0 Å². The van der Waals surface area contributed by atoms with E-state index in [1.54, 1.807) is 31.4 Å². The molecule has 2 atom stereocenters. The van der Waals surface area contributed by atoms with E-state index in [1.807, 2.05) is 30.3 Å². The van der Waals surface area contributed by atoms with E-state index in [0.29, 0.717) is 11.5 Å². The highest BCUT2D eigenvalue weighted by atomic mass is 16.7. The van der Waals surface area contributed by atoms with Crippen molar-refractivity contribution < 1.29 is 14.5 Å². The molecule has 0 saturated heterocycles. The van der Waals surface area contributed by atoms with Crippen molar-refractivity contribution >= 4 is 5.71 Å². The van der Waals surface area contributed by atoms with E-state index in [-0.39, 0.29) is 0 Å². The van der Waals surface area contributed by atoms with Crippen molar-refractivity contribution in [1.29, 1.82) is 0 Å². The Morgan fingerprint density at radius 3 is 2.41 bits per heavy atom. The van der Waals surface area contributed by atoms with Gasteiger partial charge in [-0.05, 0) is 17.7 Å². The Bertz CT molecular complexity index is 698. The maximum atomic E-state index is 11.3. The van der Waals surface area contributed by atoms with Crippen molar-refractivity contribution in [2.45, 2.75) is 12.1 Å². The van der Waals surface area contributed by atoms with Crippen molar-refractivity contribution in [2.75, 3.05) is 7.11 Å². The number of rotatable bonds is 4. The van der Waals surface area contributed by atoms with Gasteiger partial charge in [0.05, 0.1) is 12.0 Å². The molecule has 112 valence electrons. The smallest absolute Gasteiger partial charge is 0.387 e. The molecule has 1 aliphatic rings. The topological polar surface area (TPSA) is 74.0 Å². The van der Waals surface area contributed by atoms with Crippen molar-refractivity contribution in [1.82, 2.24) is 0 Å². The third kappa shape index (κ3) is 2.50. The van der Waals surface area contributed by atoms with Gasteiger partial charge < -0.3 is 9.57 Å². The zero-order valence-corrected chi connectivity index (χ0v) is 11.9. The number of nitrogens with zero attached hydrogens (tertiary/aromatic N) is 2. The summed E-state index contributed by atoms with van der Waals surface area (Å²) in [5, 5.41) is 15.2. The van der Waals surface area contributed by atoms with Crippen molar-refractivity contribution in [2.24, 2.45) is 5.16 Å². The normalized spacial score (nSPS) is 20.1. The minimum atomic E-state index is -1.22. The van der Waals surface area contributed by atoms with Gasteiger partial charge in [-0.1, -0.05) is 47.6 Å². The van der Waals surface area contributed by atoms with Crippen molar-refractivity contribution in [3.05, 3.63) is 75.8 Å². The van der Waals surface area contributed by atoms with Gasteiger partial charge in [0, 0.05) is 5.56 Å². The fourth-order valence-electron chi connectivity index (χ4n) is 2.50. The molecule has 1 heterocycles. The van der Waals surface area contributed by atoms with Crippen LogP contribution in [0, 0.1) is 10.1 Å². The molecular weight excluding hydrogens is 284 g/mol. The highest BCUT2D eigenvalue weighted by molar-refractivity contribution is 6.05. The maximum absolute atomic E-state index is 11.3. The Morgan fingerprint density at radius 1 is 1.14 bits per heavy atom. The highest BCUT2D eigenvalue weighted by Crippen LogP contribution is 2.33. The lowest BCUT2D eigenvalue weighted by atomic mass is 9.89. The molecule has 0 aliphatic carbocycles. The Labute approximate surface area is 127 Å². The van der Waals surface area contributed by atoms with Gasteiger partial charge in [-0.2, -0.15) is 0 Å². The summed E-state index contributed by atoms with van der Waals surface area (Å²) >= 11 is 0. The van der Waals surface area contributed by atoms with Gasteiger partial charge in [-0.15, -0.1) is 0 Å². The number of methoxy groups -OCH3 is 1. The van der Waals surface area contributed by atoms with E-state index >= 15 is 0 Å². The molecule has 2 aromatic rings. The summed E-state index contributed by atoms with van der Waals surface area (Å²) in [6.07, 6.45) is -1.22. The second kappa shape index (κ2) is 5.85. The molecule has 0 fully saturated rings. The fraction of sp³-hybridized carbons (Fsp3) is 0.188. The molecule has 3 rings (SSSR count). The second-order valence-electron chi connectivity index (χ2n) is 4.87. The van der Waals surface area contributed by atoms with Gasteiger partial charge in [-0.3, -0.25) is 10.1 Å². The monoisotopic (exact) mass is 298 g/mol. The van der Waals surface area contributed by atoms with Crippen LogP contribution < -0.4 is 4.74 Å². The van der Waals surface area contributed by atoms with E-state index < -0.39 is 17.1 Å². The molecule has 0 spiro atoms. The number of nitro groups is 1. The summed E-state index contributed by atoms with van der Waals surface area (Å²) in [6.45, 7) is 0. The molecule has 2 unspecified atom stereocenters. The van der Waals surface area contributed by atoms with E-state index in [2.05, 4.69) is 5.16 Å². The first-order valence-corrected chi connectivity index (χ1v) is 6.77. The summed E-state index contributed by atoms with van der Waals surface area (Å²) < 4.78 is 5.12. The standard InChI is InChI=1S/C16H14N2O4/c1-21-13-9-7-11(8-10-13)14-15(12-5-3-2-4-6-12)17-22-16(14)18(19)20/h2-10,14,16H,1H3. The molecule has 0 radical (unpaired) electrons. The first kappa shape index (κ1) is 14.1. The Balaban J connectivity index is 2.01. The molecule has 0 saturated carbocycles. The van der Waals surface area contributed by atoms with Crippen LogP contribution in [0.3, 0.4) is 0 Å². The number of hydrogen-bond acceptors (Lipinski definition) is 5. The van der Waals surface area contributed by atoms with Gasteiger partial charge in [-0.25, -0.2) is 0 Å². The molecule has 0 amide bonds. The molecular formula is C16H14N2O4. The molecule has 22 heavy (non-hydrogen) atoms. The van der Waals surface area contributed by atoms with Crippen molar-refractivity contribution in [3.8, 4) is 5.75 Å². The van der Waals surface area contributed by atoms with Gasteiger partial charge in [0.25, 0.3) is 0 Å². The van der Waals surface area contributed by atoms with E-state index in [9.17, 15) is 10.1 Å². The fourth-order valence-corrected chi connectivity index (χ4v) is 2.50. The van der Waals surface area contributed by atoms with Crippen LogP contribution in [0.1, 0.15) is 17.0 Å². The van der Waals surface area contributed by atoms with Gasteiger partial charge in [0.2, 0.25) is 0 Å². The minimum absolute atomic E-state index is 0.450. The number of benzene rings is 2. The summed E-state index contributed by atoms with van der Waals surface area (Å²) in [4.78, 5) is 15.9. The minimum Gasteiger partial charge on any atom is -0.497 e. The van der Waals surface area contributed by atoms with Crippen LogP contribution in [0.5, 0.6) is 5.75 Å². The van der Waals surface area contributed by atoms with E-state index in [0.717, 1.165) is 11.1 Å². The summed E-state index contributed by atoms with van der Waals surface area (Å²) in [5.41, 5.74) is 2.14. The third-order valence-electron chi connectivity index (χ3n) is 3.59. The first-order valence-electron chi connectivity index (χ1n) is 6.77. The Morgan fingerprint density at radius 2 is 1.82 bits per heavy atom. The summed E-state index contributed by atoms with van der Waals surface area (Å²) in [6, 6.07) is 16.5. The number of ether oxygens (including phenoxy) is 1. The average molecular weight is 298 g/mol. The third-order valence-corrected chi connectivity index (χ3v) is 3.59. The van der Waals surface area contributed by atoms with Crippen LogP contribution in [0.2, 0.25) is 0 Å². The van der Waals surface area contributed by atoms with Crippen LogP contribution in [-0.2, 0) is 4.84 Å². The average Bonchev–Trinajstić information content (AvgIpc) is 3.01. The lowest BCUT2D eigenvalue weighted by molar-refractivity contribution is -0.574. The first-order chi connectivity index (χ1) is 10.7. The number of oxime groups is 1. The van der Waals surface area contributed by atoms with Crippen LogP contribution in [0.25, 0.3) is 0 Å². The SMILES string of the molecule is COc1ccc(C2C(c3ccccc3)=NOC2[N+](=O)[O-])cc1. The van der Waals surface area contributed by atoms with E-state index in [1.165, 1.54) is 0 Å². The predicted molar refractivity (Wildman–Crippen MR) is 80.6 cm³/mol. The lowest BCUT2D eigenvalue weighted by Gasteiger charge is -2.14.